The van der Waals surface area contributed by atoms with Gasteiger partial charge in [0.1, 0.15) is 5.52 Å². The third-order valence-electron chi connectivity index (χ3n) is 4.40. The van der Waals surface area contributed by atoms with Crippen molar-refractivity contribution < 1.29 is 13.2 Å². The van der Waals surface area contributed by atoms with Crippen LogP contribution in [-0.4, -0.2) is 58.4 Å². The van der Waals surface area contributed by atoms with E-state index in [-0.39, 0.29) is 36.3 Å². The number of rotatable bonds is 2. The van der Waals surface area contributed by atoms with Crippen LogP contribution in [0.1, 0.15) is 10.6 Å². The van der Waals surface area contributed by atoms with Crippen molar-refractivity contribution in [3.8, 4) is 5.69 Å². The Labute approximate surface area is 165 Å². The number of pyridine rings is 1. The minimum absolute atomic E-state index is 0.0516. The number of hydrogen-bond acceptors (Lipinski definition) is 5. The Kier molecular flexibility index (Phi) is 4.57. The number of benzene rings is 1. The highest BCUT2D eigenvalue weighted by molar-refractivity contribution is 7.91. The highest BCUT2D eigenvalue weighted by Gasteiger charge is 2.29. The van der Waals surface area contributed by atoms with Crippen molar-refractivity contribution >= 4 is 50.1 Å². The number of aromatic nitrogens is 3. The molecule has 10 heteroatoms. The van der Waals surface area contributed by atoms with Crippen molar-refractivity contribution in [2.24, 2.45) is 0 Å². The van der Waals surface area contributed by atoms with E-state index in [0.717, 1.165) is 0 Å². The zero-order chi connectivity index (χ0) is 19.2. The SMILES string of the molecule is O=C(c1nc2cccnc2n1-c1ccc(Cl)c(Cl)c1)N1CCS(=O)(=O)CC1. The summed E-state index contributed by atoms with van der Waals surface area (Å²) in [6.07, 6.45) is 1.61. The summed E-state index contributed by atoms with van der Waals surface area (Å²) in [5, 5.41) is 0.737. The maximum Gasteiger partial charge on any atom is 0.290 e. The molecule has 0 aliphatic carbocycles. The van der Waals surface area contributed by atoms with Crippen molar-refractivity contribution in [2.45, 2.75) is 0 Å². The number of nitrogens with zero attached hydrogens (tertiary/aromatic N) is 4. The van der Waals surface area contributed by atoms with Gasteiger partial charge in [-0.25, -0.2) is 18.4 Å². The molecule has 0 bridgehead atoms. The van der Waals surface area contributed by atoms with Gasteiger partial charge in [-0.15, -0.1) is 0 Å². The smallest absolute Gasteiger partial charge is 0.290 e. The fourth-order valence-corrected chi connectivity index (χ4v) is 4.48. The van der Waals surface area contributed by atoms with Gasteiger partial charge in [0.25, 0.3) is 5.91 Å². The van der Waals surface area contributed by atoms with E-state index in [1.54, 1.807) is 41.1 Å². The lowest BCUT2D eigenvalue weighted by Crippen LogP contribution is -2.44. The van der Waals surface area contributed by atoms with Crippen molar-refractivity contribution in [3.05, 3.63) is 52.4 Å². The van der Waals surface area contributed by atoms with Gasteiger partial charge in [-0.05, 0) is 30.3 Å². The van der Waals surface area contributed by atoms with Crippen LogP contribution in [0.15, 0.2) is 36.5 Å². The van der Waals surface area contributed by atoms with Gasteiger partial charge in [0.2, 0.25) is 5.82 Å². The minimum Gasteiger partial charge on any atom is -0.334 e. The van der Waals surface area contributed by atoms with Crippen LogP contribution < -0.4 is 0 Å². The zero-order valence-corrected chi connectivity index (χ0v) is 16.3. The predicted octanol–water partition coefficient (Wildman–Crippen LogP) is 2.60. The fourth-order valence-electron chi connectivity index (χ4n) is 2.98. The van der Waals surface area contributed by atoms with Crippen LogP contribution in [-0.2, 0) is 9.84 Å². The molecule has 4 rings (SSSR count). The molecule has 0 N–H and O–H groups in total. The van der Waals surface area contributed by atoms with Crippen LogP contribution in [0.2, 0.25) is 10.0 Å². The van der Waals surface area contributed by atoms with E-state index in [0.29, 0.717) is 26.9 Å². The molecule has 1 aliphatic heterocycles. The van der Waals surface area contributed by atoms with Crippen LogP contribution in [0.3, 0.4) is 0 Å². The summed E-state index contributed by atoms with van der Waals surface area (Å²) in [5.74, 6) is -0.302. The van der Waals surface area contributed by atoms with Gasteiger partial charge in [-0.2, -0.15) is 0 Å². The van der Waals surface area contributed by atoms with Gasteiger partial charge < -0.3 is 4.90 Å². The molecule has 1 saturated heterocycles. The van der Waals surface area contributed by atoms with Crippen LogP contribution in [0.5, 0.6) is 0 Å². The number of halogens is 2. The number of fused-ring (bicyclic) bond motifs is 1. The second kappa shape index (κ2) is 6.78. The van der Waals surface area contributed by atoms with Crippen LogP contribution in [0.4, 0.5) is 0 Å². The Morgan fingerprint density at radius 1 is 1.07 bits per heavy atom. The van der Waals surface area contributed by atoms with Crippen molar-refractivity contribution in [3.63, 3.8) is 0 Å². The fraction of sp³-hybridized carbons (Fsp3) is 0.235. The molecule has 1 aromatic carbocycles. The van der Waals surface area contributed by atoms with E-state index in [4.69, 9.17) is 23.2 Å². The number of hydrogen-bond donors (Lipinski definition) is 0. The predicted molar refractivity (Wildman–Crippen MR) is 103 cm³/mol. The first-order valence-corrected chi connectivity index (χ1v) is 10.7. The zero-order valence-electron chi connectivity index (χ0n) is 14.0. The quantitative estimate of drug-likeness (QED) is 0.630. The lowest BCUT2D eigenvalue weighted by molar-refractivity contribution is 0.0756. The summed E-state index contributed by atoms with van der Waals surface area (Å²) >= 11 is 12.2. The molecule has 1 fully saturated rings. The molecule has 0 radical (unpaired) electrons. The third kappa shape index (κ3) is 3.40. The lowest BCUT2D eigenvalue weighted by Gasteiger charge is -2.26. The van der Waals surface area contributed by atoms with Crippen molar-refractivity contribution in [2.75, 3.05) is 24.6 Å². The van der Waals surface area contributed by atoms with Crippen LogP contribution in [0.25, 0.3) is 16.9 Å². The molecular weight excluding hydrogens is 411 g/mol. The number of amides is 1. The molecule has 0 saturated carbocycles. The average molecular weight is 425 g/mol. The summed E-state index contributed by atoms with van der Waals surface area (Å²) in [6, 6.07) is 8.48. The van der Waals surface area contributed by atoms with E-state index < -0.39 is 9.84 Å². The summed E-state index contributed by atoms with van der Waals surface area (Å²) < 4.78 is 24.9. The molecular formula is C17H14Cl2N4O3S. The normalized spacial score (nSPS) is 16.6. The molecule has 3 aromatic rings. The first-order chi connectivity index (χ1) is 12.9. The second-order valence-electron chi connectivity index (χ2n) is 6.16. The number of carbonyl (C=O) groups is 1. The van der Waals surface area contributed by atoms with E-state index in [1.807, 2.05) is 0 Å². The molecule has 27 heavy (non-hydrogen) atoms. The highest BCUT2D eigenvalue weighted by atomic mass is 35.5. The first-order valence-electron chi connectivity index (χ1n) is 8.14. The lowest BCUT2D eigenvalue weighted by atomic mass is 10.3. The maximum atomic E-state index is 13.1. The Bertz CT molecular complexity index is 1150. The van der Waals surface area contributed by atoms with Crippen LogP contribution in [0, 0.1) is 0 Å². The molecule has 140 valence electrons. The standard InChI is InChI=1S/C17H14Cl2N4O3S/c18-12-4-3-11(10-13(12)19)23-15-14(2-1-5-20-15)21-16(23)17(24)22-6-8-27(25,26)9-7-22/h1-5,10H,6-9H2. The number of imidazole rings is 1. The van der Waals surface area contributed by atoms with Gasteiger partial charge in [0.15, 0.2) is 15.5 Å². The first kappa shape index (κ1) is 18.2. The van der Waals surface area contributed by atoms with E-state index >= 15 is 0 Å². The van der Waals surface area contributed by atoms with Gasteiger partial charge >= 0.3 is 0 Å². The number of carbonyl (C=O) groups excluding carboxylic acids is 1. The average Bonchev–Trinajstić information content (AvgIpc) is 3.03. The number of sulfone groups is 1. The summed E-state index contributed by atoms with van der Waals surface area (Å²) in [7, 11) is -3.09. The van der Waals surface area contributed by atoms with E-state index in [9.17, 15) is 13.2 Å². The Morgan fingerprint density at radius 3 is 2.52 bits per heavy atom. The highest BCUT2D eigenvalue weighted by Crippen LogP contribution is 2.28. The Balaban J connectivity index is 1.83. The Hall–Kier alpha value is -2.16. The third-order valence-corrected chi connectivity index (χ3v) is 6.75. The maximum absolute atomic E-state index is 13.1. The molecule has 3 heterocycles. The molecule has 0 atom stereocenters. The van der Waals surface area contributed by atoms with Crippen molar-refractivity contribution in [1.29, 1.82) is 0 Å². The topological polar surface area (TPSA) is 85.2 Å². The molecule has 7 nitrogen and oxygen atoms in total. The molecule has 1 aliphatic rings. The largest absolute Gasteiger partial charge is 0.334 e. The Morgan fingerprint density at radius 2 is 1.81 bits per heavy atom. The molecule has 1 amide bonds. The van der Waals surface area contributed by atoms with Gasteiger partial charge in [-0.3, -0.25) is 9.36 Å². The van der Waals surface area contributed by atoms with Gasteiger partial charge in [0.05, 0.1) is 27.2 Å². The molecule has 0 unspecified atom stereocenters. The molecule has 2 aromatic heterocycles. The molecule has 0 spiro atoms. The van der Waals surface area contributed by atoms with Gasteiger partial charge in [0, 0.05) is 19.3 Å². The van der Waals surface area contributed by atoms with Crippen LogP contribution >= 0.6 is 23.2 Å². The minimum atomic E-state index is -3.09. The van der Waals surface area contributed by atoms with Gasteiger partial charge in [-0.1, -0.05) is 23.2 Å². The van der Waals surface area contributed by atoms with Crippen molar-refractivity contribution in [1.82, 2.24) is 19.4 Å². The monoisotopic (exact) mass is 424 g/mol. The summed E-state index contributed by atoms with van der Waals surface area (Å²) in [6.45, 7) is 0.276. The second-order valence-corrected chi connectivity index (χ2v) is 9.28. The summed E-state index contributed by atoms with van der Waals surface area (Å²) in [5.41, 5.74) is 1.65. The van der Waals surface area contributed by atoms with E-state index in [2.05, 4.69) is 9.97 Å². The summed E-state index contributed by atoms with van der Waals surface area (Å²) in [4.78, 5) is 23.4. The van der Waals surface area contributed by atoms with E-state index in [1.165, 1.54) is 4.90 Å².